The van der Waals surface area contributed by atoms with Crippen LogP contribution in [0.2, 0.25) is 5.02 Å². The minimum absolute atomic E-state index is 0.350. The predicted octanol–water partition coefficient (Wildman–Crippen LogP) is 2.32. The molecule has 1 aromatic carbocycles. The van der Waals surface area contributed by atoms with Gasteiger partial charge in [0.05, 0.1) is 17.3 Å². The van der Waals surface area contributed by atoms with Gasteiger partial charge in [0, 0.05) is 22.2 Å². The highest BCUT2D eigenvalue weighted by Gasteiger charge is 2.18. The van der Waals surface area contributed by atoms with Gasteiger partial charge in [-0.05, 0) is 30.3 Å². The Morgan fingerprint density at radius 2 is 2.09 bits per heavy atom. The number of carbonyl (C=O) groups is 1. The van der Waals surface area contributed by atoms with E-state index in [4.69, 9.17) is 22.4 Å². The standard InChI is InChI=1S/C16H12ClN3O3/c17-9-5-8-6-11(16(22)23)15(21)20-14(8)10(7-9)13(18)12-3-1-2-4-19-12/h1-7,13H,18H2,(H,20,21)(H,22,23). The number of aromatic amines is 1. The molecule has 0 bridgehead atoms. The third-order valence-corrected chi connectivity index (χ3v) is 3.74. The van der Waals surface area contributed by atoms with Gasteiger partial charge in [-0.15, -0.1) is 0 Å². The summed E-state index contributed by atoms with van der Waals surface area (Å²) in [6.07, 6.45) is 1.62. The summed E-state index contributed by atoms with van der Waals surface area (Å²) < 4.78 is 0. The van der Waals surface area contributed by atoms with Gasteiger partial charge in [-0.2, -0.15) is 0 Å². The van der Waals surface area contributed by atoms with Crippen LogP contribution in [-0.2, 0) is 0 Å². The SMILES string of the molecule is NC(c1ccccn1)c1cc(Cl)cc2cc(C(=O)O)c(=O)[nH]c12. The number of aromatic carboxylic acids is 1. The summed E-state index contributed by atoms with van der Waals surface area (Å²) in [5.41, 5.74) is 6.82. The molecule has 6 nitrogen and oxygen atoms in total. The second kappa shape index (κ2) is 5.83. The lowest BCUT2D eigenvalue weighted by atomic mass is 9.99. The molecule has 3 aromatic rings. The van der Waals surface area contributed by atoms with Gasteiger partial charge < -0.3 is 15.8 Å². The number of H-pyrrole nitrogens is 1. The van der Waals surface area contributed by atoms with Crippen molar-refractivity contribution in [3.63, 3.8) is 0 Å². The number of hydrogen-bond donors (Lipinski definition) is 3. The highest BCUT2D eigenvalue weighted by atomic mass is 35.5. The third kappa shape index (κ3) is 2.81. The Kier molecular flexibility index (Phi) is 3.85. The summed E-state index contributed by atoms with van der Waals surface area (Å²) in [5.74, 6) is -1.30. The number of aromatic nitrogens is 2. The number of fused-ring (bicyclic) bond motifs is 1. The number of carboxylic acids is 1. The van der Waals surface area contributed by atoms with Crippen LogP contribution in [0.5, 0.6) is 0 Å². The van der Waals surface area contributed by atoms with Crippen molar-refractivity contribution in [2.75, 3.05) is 0 Å². The minimum Gasteiger partial charge on any atom is -0.477 e. The monoisotopic (exact) mass is 329 g/mol. The summed E-state index contributed by atoms with van der Waals surface area (Å²) in [6, 6.07) is 9.24. The fourth-order valence-corrected chi connectivity index (χ4v) is 2.67. The van der Waals surface area contributed by atoms with E-state index in [-0.39, 0.29) is 5.56 Å². The Balaban J connectivity index is 2.27. The molecule has 0 aliphatic heterocycles. The van der Waals surface area contributed by atoms with E-state index >= 15 is 0 Å². The Labute approximate surface area is 135 Å². The van der Waals surface area contributed by atoms with E-state index in [0.717, 1.165) is 0 Å². The van der Waals surface area contributed by atoms with Crippen LogP contribution < -0.4 is 11.3 Å². The second-order valence-corrected chi connectivity index (χ2v) is 5.45. The molecule has 0 amide bonds. The maximum atomic E-state index is 11.9. The molecule has 7 heteroatoms. The number of rotatable bonds is 3. The Bertz CT molecular complexity index is 954. The lowest BCUT2D eigenvalue weighted by Gasteiger charge is -2.15. The zero-order valence-electron chi connectivity index (χ0n) is 11.8. The van der Waals surface area contributed by atoms with Crippen LogP contribution in [-0.4, -0.2) is 21.0 Å². The number of nitrogens with two attached hydrogens (primary N) is 1. The van der Waals surface area contributed by atoms with Crippen molar-refractivity contribution in [3.8, 4) is 0 Å². The molecule has 1 atom stereocenters. The van der Waals surface area contributed by atoms with Crippen molar-refractivity contribution in [2.24, 2.45) is 5.73 Å². The van der Waals surface area contributed by atoms with Crippen LogP contribution in [0.25, 0.3) is 10.9 Å². The van der Waals surface area contributed by atoms with Crippen LogP contribution in [0.4, 0.5) is 0 Å². The number of carboxylic acid groups (broad SMARTS) is 1. The van der Waals surface area contributed by atoms with E-state index < -0.39 is 17.6 Å². The van der Waals surface area contributed by atoms with E-state index in [1.165, 1.54) is 6.07 Å². The van der Waals surface area contributed by atoms with Gasteiger partial charge in [-0.25, -0.2) is 4.79 Å². The van der Waals surface area contributed by atoms with E-state index in [1.807, 2.05) is 0 Å². The Morgan fingerprint density at radius 1 is 1.30 bits per heavy atom. The normalized spacial score (nSPS) is 12.3. The molecule has 0 aliphatic carbocycles. The van der Waals surface area contributed by atoms with Gasteiger partial charge in [0.25, 0.3) is 5.56 Å². The van der Waals surface area contributed by atoms with Crippen LogP contribution >= 0.6 is 11.6 Å². The molecule has 0 saturated heterocycles. The molecular formula is C16H12ClN3O3. The predicted molar refractivity (Wildman–Crippen MR) is 86.8 cm³/mol. The van der Waals surface area contributed by atoms with Crippen molar-refractivity contribution in [1.82, 2.24) is 9.97 Å². The number of hydrogen-bond acceptors (Lipinski definition) is 4. The van der Waals surface area contributed by atoms with Crippen molar-refractivity contribution < 1.29 is 9.90 Å². The Hall–Kier alpha value is -2.70. The third-order valence-electron chi connectivity index (χ3n) is 3.52. The zero-order valence-corrected chi connectivity index (χ0v) is 12.5. The summed E-state index contributed by atoms with van der Waals surface area (Å²) in [5, 5.41) is 9.95. The largest absolute Gasteiger partial charge is 0.477 e. The summed E-state index contributed by atoms with van der Waals surface area (Å²) in [7, 11) is 0. The number of nitrogens with one attached hydrogen (secondary N) is 1. The summed E-state index contributed by atoms with van der Waals surface area (Å²) >= 11 is 6.11. The van der Waals surface area contributed by atoms with Gasteiger partial charge in [-0.1, -0.05) is 17.7 Å². The van der Waals surface area contributed by atoms with Crippen molar-refractivity contribution in [1.29, 1.82) is 0 Å². The number of nitrogens with zero attached hydrogens (tertiary/aromatic N) is 1. The van der Waals surface area contributed by atoms with E-state index in [9.17, 15) is 9.59 Å². The topological polar surface area (TPSA) is 109 Å². The molecular weight excluding hydrogens is 318 g/mol. The molecule has 1 unspecified atom stereocenters. The lowest BCUT2D eigenvalue weighted by molar-refractivity contribution is 0.0695. The first kappa shape index (κ1) is 15.2. The first-order valence-corrected chi connectivity index (χ1v) is 7.11. The Morgan fingerprint density at radius 3 is 2.74 bits per heavy atom. The molecule has 4 N–H and O–H groups in total. The van der Waals surface area contributed by atoms with Crippen molar-refractivity contribution in [2.45, 2.75) is 6.04 Å². The molecule has 2 aromatic heterocycles. The smallest absolute Gasteiger partial charge is 0.341 e. The van der Waals surface area contributed by atoms with Crippen LogP contribution in [0.3, 0.4) is 0 Å². The second-order valence-electron chi connectivity index (χ2n) is 5.01. The van der Waals surface area contributed by atoms with E-state index in [2.05, 4.69) is 9.97 Å². The highest BCUT2D eigenvalue weighted by Crippen LogP contribution is 2.28. The number of halogens is 1. The quantitative estimate of drug-likeness (QED) is 0.683. The maximum Gasteiger partial charge on any atom is 0.341 e. The molecule has 3 rings (SSSR count). The molecule has 0 aliphatic rings. The van der Waals surface area contributed by atoms with E-state index in [1.54, 1.807) is 36.5 Å². The summed E-state index contributed by atoms with van der Waals surface area (Å²) in [6.45, 7) is 0. The van der Waals surface area contributed by atoms with Gasteiger partial charge in [0.15, 0.2) is 0 Å². The lowest BCUT2D eigenvalue weighted by Crippen LogP contribution is -2.19. The number of benzene rings is 1. The van der Waals surface area contributed by atoms with Gasteiger partial charge in [-0.3, -0.25) is 9.78 Å². The molecule has 0 spiro atoms. The molecule has 23 heavy (non-hydrogen) atoms. The van der Waals surface area contributed by atoms with Crippen LogP contribution in [0.15, 0.2) is 47.4 Å². The van der Waals surface area contributed by atoms with Crippen LogP contribution in [0, 0.1) is 0 Å². The fourth-order valence-electron chi connectivity index (χ4n) is 2.43. The minimum atomic E-state index is -1.30. The molecule has 2 heterocycles. The van der Waals surface area contributed by atoms with Gasteiger partial charge in [0.2, 0.25) is 0 Å². The average Bonchev–Trinajstić information content (AvgIpc) is 2.54. The molecule has 116 valence electrons. The maximum absolute atomic E-state index is 11.9. The summed E-state index contributed by atoms with van der Waals surface area (Å²) in [4.78, 5) is 29.8. The van der Waals surface area contributed by atoms with Gasteiger partial charge in [0.1, 0.15) is 5.56 Å². The zero-order chi connectivity index (χ0) is 16.6. The highest BCUT2D eigenvalue weighted by molar-refractivity contribution is 6.31. The first-order chi connectivity index (χ1) is 11.0. The fraction of sp³-hybridized carbons (Fsp3) is 0.0625. The first-order valence-electron chi connectivity index (χ1n) is 6.73. The van der Waals surface area contributed by atoms with Gasteiger partial charge >= 0.3 is 5.97 Å². The molecule has 0 fully saturated rings. The van der Waals surface area contributed by atoms with E-state index in [0.29, 0.717) is 27.2 Å². The molecule has 0 radical (unpaired) electrons. The molecule has 0 saturated carbocycles. The average molecular weight is 330 g/mol. The van der Waals surface area contributed by atoms with Crippen LogP contribution in [0.1, 0.15) is 27.7 Å². The van der Waals surface area contributed by atoms with Crippen molar-refractivity contribution >= 4 is 28.5 Å². The number of pyridine rings is 2. The van der Waals surface area contributed by atoms with Crippen molar-refractivity contribution in [3.05, 3.63) is 74.8 Å².